The van der Waals surface area contributed by atoms with Crippen LogP contribution in [0.15, 0.2) is 72.8 Å². The standard InChI is InChI=1S/C28H30N2O6/c1-19(2)16-17-29-27(32)36-25-11-7-6-10-24(25)23-9-5-4-8-21(23)18-30-28(33)35-22-14-12-20(13-15-22)26(31)34-3/h4-15,19H,16-18H2,1-3H3,(H,29,32)(H,30,33). The quantitative estimate of drug-likeness (QED) is 0.381. The van der Waals surface area contributed by atoms with E-state index in [0.29, 0.717) is 23.8 Å². The molecule has 0 aliphatic carbocycles. The number of nitrogens with one attached hydrogen (secondary N) is 2. The summed E-state index contributed by atoms with van der Waals surface area (Å²) in [6.45, 7) is 4.89. The van der Waals surface area contributed by atoms with Gasteiger partial charge < -0.3 is 24.8 Å². The van der Waals surface area contributed by atoms with Crippen LogP contribution in [0.1, 0.15) is 36.2 Å². The van der Waals surface area contributed by atoms with Gasteiger partial charge in [0.1, 0.15) is 11.5 Å². The highest BCUT2D eigenvalue weighted by atomic mass is 16.6. The maximum atomic E-state index is 12.4. The van der Waals surface area contributed by atoms with E-state index in [-0.39, 0.29) is 12.3 Å². The molecule has 0 atom stereocenters. The summed E-state index contributed by atoms with van der Waals surface area (Å²) >= 11 is 0. The van der Waals surface area contributed by atoms with Crippen molar-refractivity contribution in [2.75, 3.05) is 13.7 Å². The molecule has 0 unspecified atom stereocenters. The van der Waals surface area contributed by atoms with Gasteiger partial charge in [0.2, 0.25) is 0 Å². The van der Waals surface area contributed by atoms with Crippen molar-refractivity contribution in [3.63, 3.8) is 0 Å². The Morgan fingerprint density at radius 1 is 0.778 bits per heavy atom. The first-order chi connectivity index (χ1) is 17.4. The number of hydrogen-bond acceptors (Lipinski definition) is 6. The predicted octanol–water partition coefficient (Wildman–Crippen LogP) is 5.56. The number of ether oxygens (including phenoxy) is 3. The van der Waals surface area contributed by atoms with Gasteiger partial charge in [0.15, 0.2) is 0 Å². The summed E-state index contributed by atoms with van der Waals surface area (Å²) < 4.78 is 15.5. The van der Waals surface area contributed by atoms with Crippen LogP contribution >= 0.6 is 0 Å². The lowest BCUT2D eigenvalue weighted by atomic mass is 9.99. The maximum Gasteiger partial charge on any atom is 0.412 e. The van der Waals surface area contributed by atoms with Crippen molar-refractivity contribution in [3.8, 4) is 22.6 Å². The molecule has 0 aliphatic rings. The molecule has 0 fully saturated rings. The number of hydrogen-bond donors (Lipinski definition) is 2. The Bertz CT molecular complexity index is 1190. The highest BCUT2D eigenvalue weighted by Crippen LogP contribution is 2.32. The number of methoxy groups -OCH3 is 1. The van der Waals surface area contributed by atoms with E-state index in [1.165, 1.54) is 31.4 Å². The van der Waals surface area contributed by atoms with Gasteiger partial charge in [0.05, 0.1) is 12.7 Å². The van der Waals surface area contributed by atoms with Gasteiger partial charge in [-0.2, -0.15) is 0 Å². The molecule has 0 bridgehead atoms. The van der Waals surface area contributed by atoms with Crippen LogP contribution in [0.2, 0.25) is 0 Å². The van der Waals surface area contributed by atoms with Crippen molar-refractivity contribution in [2.45, 2.75) is 26.8 Å². The minimum Gasteiger partial charge on any atom is -0.465 e. The minimum absolute atomic E-state index is 0.185. The summed E-state index contributed by atoms with van der Waals surface area (Å²) in [6.07, 6.45) is -0.304. The van der Waals surface area contributed by atoms with Crippen molar-refractivity contribution in [3.05, 3.63) is 83.9 Å². The molecule has 8 nitrogen and oxygen atoms in total. The van der Waals surface area contributed by atoms with Crippen LogP contribution in [-0.4, -0.2) is 31.8 Å². The lowest BCUT2D eigenvalue weighted by molar-refractivity contribution is 0.0600. The summed E-state index contributed by atoms with van der Waals surface area (Å²) in [4.78, 5) is 36.2. The number of para-hydroxylation sites is 1. The number of amides is 2. The first kappa shape index (κ1) is 26.3. The monoisotopic (exact) mass is 490 g/mol. The second kappa shape index (κ2) is 12.9. The molecule has 188 valence electrons. The molecule has 0 heterocycles. The zero-order valence-electron chi connectivity index (χ0n) is 20.6. The number of benzene rings is 3. The molecular formula is C28H30N2O6. The summed E-state index contributed by atoms with van der Waals surface area (Å²) in [7, 11) is 1.30. The first-order valence-corrected chi connectivity index (χ1v) is 11.6. The summed E-state index contributed by atoms with van der Waals surface area (Å²) in [6, 6.07) is 20.8. The third kappa shape index (κ3) is 7.59. The van der Waals surface area contributed by atoms with E-state index in [4.69, 9.17) is 9.47 Å². The Hall–Kier alpha value is -4.33. The van der Waals surface area contributed by atoms with Crippen molar-refractivity contribution < 1.29 is 28.6 Å². The van der Waals surface area contributed by atoms with Gasteiger partial charge in [-0.25, -0.2) is 14.4 Å². The van der Waals surface area contributed by atoms with Gasteiger partial charge in [-0.1, -0.05) is 56.3 Å². The molecule has 8 heteroatoms. The van der Waals surface area contributed by atoms with Crippen LogP contribution in [0.5, 0.6) is 11.5 Å². The van der Waals surface area contributed by atoms with E-state index in [0.717, 1.165) is 23.1 Å². The maximum absolute atomic E-state index is 12.4. The highest BCUT2D eigenvalue weighted by Gasteiger charge is 2.14. The van der Waals surface area contributed by atoms with Gasteiger partial charge in [0, 0.05) is 18.7 Å². The number of carbonyl (C=O) groups excluding carboxylic acids is 3. The fraction of sp³-hybridized carbons (Fsp3) is 0.250. The van der Waals surface area contributed by atoms with Gasteiger partial charge in [0.25, 0.3) is 0 Å². The third-order valence-corrected chi connectivity index (χ3v) is 5.30. The summed E-state index contributed by atoms with van der Waals surface area (Å²) in [5.41, 5.74) is 2.70. The Balaban J connectivity index is 1.66. The van der Waals surface area contributed by atoms with Crippen molar-refractivity contribution in [1.29, 1.82) is 0 Å². The fourth-order valence-corrected chi connectivity index (χ4v) is 3.40. The Kier molecular flexibility index (Phi) is 9.45. The highest BCUT2D eigenvalue weighted by molar-refractivity contribution is 5.89. The van der Waals surface area contributed by atoms with E-state index in [9.17, 15) is 14.4 Å². The zero-order chi connectivity index (χ0) is 25.9. The summed E-state index contributed by atoms with van der Waals surface area (Å²) in [5, 5.41) is 5.50. The molecule has 0 aliphatic heterocycles. The lowest BCUT2D eigenvalue weighted by Gasteiger charge is -2.15. The van der Waals surface area contributed by atoms with Crippen LogP contribution in [0, 0.1) is 5.92 Å². The van der Waals surface area contributed by atoms with Crippen LogP contribution in [0.4, 0.5) is 9.59 Å². The Morgan fingerprint density at radius 2 is 1.42 bits per heavy atom. The molecule has 0 saturated carbocycles. The minimum atomic E-state index is -0.648. The van der Waals surface area contributed by atoms with Crippen LogP contribution in [0.3, 0.4) is 0 Å². The molecule has 2 N–H and O–H groups in total. The molecule has 0 radical (unpaired) electrons. The molecule has 2 amide bonds. The molecule has 0 spiro atoms. The first-order valence-electron chi connectivity index (χ1n) is 11.6. The van der Waals surface area contributed by atoms with Crippen molar-refractivity contribution in [1.82, 2.24) is 10.6 Å². The van der Waals surface area contributed by atoms with Crippen molar-refractivity contribution in [2.24, 2.45) is 5.92 Å². The fourth-order valence-electron chi connectivity index (χ4n) is 3.40. The van der Waals surface area contributed by atoms with E-state index in [2.05, 4.69) is 29.2 Å². The van der Waals surface area contributed by atoms with E-state index in [1.54, 1.807) is 12.1 Å². The number of rotatable bonds is 9. The predicted molar refractivity (Wildman–Crippen MR) is 136 cm³/mol. The van der Waals surface area contributed by atoms with Crippen LogP contribution < -0.4 is 20.1 Å². The molecule has 36 heavy (non-hydrogen) atoms. The Labute approximate surface area is 210 Å². The largest absolute Gasteiger partial charge is 0.465 e. The van der Waals surface area contributed by atoms with E-state index >= 15 is 0 Å². The molecule has 3 aromatic rings. The molecule has 0 aromatic heterocycles. The van der Waals surface area contributed by atoms with E-state index < -0.39 is 18.2 Å². The Morgan fingerprint density at radius 3 is 2.11 bits per heavy atom. The zero-order valence-corrected chi connectivity index (χ0v) is 20.6. The van der Waals surface area contributed by atoms with Gasteiger partial charge >= 0.3 is 18.2 Å². The van der Waals surface area contributed by atoms with Gasteiger partial charge in [-0.05, 0) is 53.8 Å². The smallest absolute Gasteiger partial charge is 0.412 e. The third-order valence-electron chi connectivity index (χ3n) is 5.30. The second-order valence-electron chi connectivity index (χ2n) is 8.41. The SMILES string of the molecule is COC(=O)c1ccc(OC(=O)NCc2ccccc2-c2ccccc2OC(=O)NCCC(C)C)cc1. The van der Waals surface area contributed by atoms with E-state index in [1.807, 2.05) is 36.4 Å². The van der Waals surface area contributed by atoms with Gasteiger partial charge in [-0.3, -0.25) is 0 Å². The van der Waals surface area contributed by atoms with Crippen molar-refractivity contribution >= 4 is 18.2 Å². The van der Waals surface area contributed by atoms with Gasteiger partial charge in [-0.15, -0.1) is 0 Å². The molecule has 0 saturated heterocycles. The number of esters is 1. The summed E-state index contributed by atoms with van der Waals surface area (Å²) in [5.74, 6) is 0.707. The topological polar surface area (TPSA) is 103 Å². The average Bonchev–Trinajstić information content (AvgIpc) is 2.88. The average molecular weight is 491 g/mol. The lowest BCUT2D eigenvalue weighted by Crippen LogP contribution is -2.28. The second-order valence-corrected chi connectivity index (χ2v) is 8.41. The van der Waals surface area contributed by atoms with Crippen LogP contribution in [0.25, 0.3) is 11.1 Å². The van der Waals surface area contributed by atoms with Crippen LogP contribution in [-0.2, 0) is 11.3 Å². The number of carbonyl (C=O) groups is 3. The molecule has 3 rings (SSSR count). The normalized spacial score (nSPS) is 10.4. The molecule has 3 aromatic carbocycles. The molecular weight excluding hydrogens is 460 g/mol.